The first kappa shape index (κ1) is 17.9. The summed E-state index contributed by atoms with van der Waals surface area (Å²) in [6, 6.07) is 8.87. The molecule has 3 rings (SSSR count). The fraction of sp³-hybridized carbons (Fsp3) is 0.444. The Morgan fingerprint density at radius 1 is 1.50 bits per heavy atom. The molecule has 1 saturated heterocycles. The van der Waals surface area contributed by atoms with E-state index in [-0.39, 0.29) is 6.03 Å². The topological polar surface area (TPSA) is 96.1 Å². The van der Waals surface area contributed by atoms with Gasteiger partial charge >= 0.3 is 6.03 Å². The van der Waals surface area contributed by atoms with Crippen LogP contribution in [-0.2, 0) is 17.9 Å². The Bertz CT molecular complexity index is 797. The third-order valence-corrected chi connectivity index (χ3v) is 4.37. The molecule has 1 atom stereocenters. The number of carbonyl (C=O) groups is 1. The molecule has 1 aromatic heterocycles. The second-order valence-corrected chi connectivity index (χ2v) is 6.44. The van der Waals surface area contributed by atoms with E-state index in [1.165, 1.54) is 0 Å². The number of methoxy groups -OCH3 is 1. The van der Waals surface area contributed by atoms with Gasteiger partial charge in [0.25, 0.3) is 0 Å². The molecule has 0 spiro atoms. The van der Waals surface area contributed by atoms with E-state index in [0.29, 0.717) is 30.3 Å². The number of anilines is 1. The summed E-state index contributed by atoms with van der Waals surface area (Å²) >= 11 is 0. The van der Waals surface area contributed by atoms with E-state index in [0.717, 1.165) is 31.6 Å². The van der Waals surface area contributed by atoms with Crippen molar-refractivity contribution in [3.8, 4) is 6.07 Å². The molecule has 8 heteroatoms. The van der Waals surface area contributed by atoms with Crippen LogP contribution in [0.4, 0.5) is 10.5 Å². The first-order valence-corrected chi connectivity index (χ1v) is 8.62. The molecule has 0 aliphatic carbocycles. The monoisotopic (exact) mass is 354 g/mol. The van der Waals surface area contributed by atoms with E-state index in [4.69, 9.17) is 10.00 Å². The zero-order valence-electron chi connectivity index (χ0n) is 14.8. The molecule has 0 radical (unpaired) electrons. The average Bonchev–Trinajstić information content (AvgIpc) is 3.09. The summed E-state index contributed by atoms with van der Waals surface area (Å²) in [6.07, 6.45) is 3.89. The van der Waals surface area contributed by atoms with Crippen molar-refractivity contribution in [1.82, 2.24) is 19.9 Å². The van der Waals surface area contributed by atoms with Crippen molar-refractivity contribution in [3.05, 3.63) is 41.7 Å². The molecule has 136 valence electrons. The summed E-state index contributed by atoms with van der Waals surface area (Å²) in [4.78, 5) is 14.4. The highest BCUT2D eigenvalue weighted by molar-refractivity contribution is 5.89. The van der Waals surface area contributed by atoms with Crippen LogP contribution in [0.3, 0.4) is 0 Å². The predicted molar refractivity (Wildman–Crippen MR) is 95.2 cm³/mol. The molecule has 1 aromatic carbocycles. The van der Waals surface area contributed by atoms with Crippen molar-refractivity contribution in [2.45, 2.75) is 26.0 Å². The molecule has 2 amide bonds. The Balaban J connectivity index is 1.56. The molecule has 1 N–H and O–H groups in total. The smallest absolute Gasteiger partial charge is 0.321 e. The second kappa shape index (κ2) is 8.45. The summed E-state index contributed by atoms with van der Waals surface area (Å²) in [6.45, 7) is 2.57. The van der Waals surface area contributed by atoms with Crippen LogP contribution < -0.4 is 5.32 Å². The average molecular weight is 354 g/mol. The van der Waals surface area contributed by atoms with E-state index in [1.807, 2.05) is 15.8 Å². The lowest BCUT2D eigenvalue weighted by molar-refractivity contribution is 0.168. The van der Waals surface area contributed by atoms with E-state index < -0.39 is 0 Å². The fourth-order valence-electron chi connectivity index (χ4n) is 3.17. The normalized spacial score (nSPS) is 16.9. The van der Waals surface area contributed by atoms with Gasteiger partial charge in [0.05, 0.1) is 24.4 Å². The lowest BCUT2D eigenvalue weighted by Crippen LogP contribution is -2.43. The van der Waals surface area contributed by atoms with E-state index in [1.54, 1.807) is 31.4 Å². The zero-order valence-corrected chi connectivity index (χ0v) is 14.8. The molecular formula is C18H22N6O2. The van der Waals surface area contributed by atoms with Gasteiger partial charge in [-0.15, -0.1) is 5.10 Å². The molecular weight excluding hydrogens is 332 g/mol. The van der Waals surface area contributed by atoms with Gasteiger partial charge in [0.1, 0.15) is 5.69 Å². The minimum Gasteiger partial charge on any atom is -0.378 e. The minimum atomic E-state index is -0.136. The van der Waals surface area contributed by atoms with Gasteiger partial charge in [-0.3, -0.25) is 4.68 Å². The number of piperidine rings is 1. The van der Waals surface area contributed by atoms with Crippen LogP contribution in [0.5, 0.6) is 0 Å². The van der Waals surface area contributed by atoms with Crippen molar-refractivity contribution in [2.75, 3.05) is 25.5 Å². The Kier molecular flexibility index (Phi) is 5.81. The number of carbonyl (C=O) groups excluding carboxylic acids is 1. The van der Waals surface area contributed by atoms with Crippen molar-refractivity contribution in [3.63, 3.8) is 0 Å². The number of likely N-dealkylation sites (tertiary alicyclic amines) is 1. The number of aromatic nitrogens is 3. The van der Waals surface area contributed by atoms with Crippen LogP contribution in [0.2, 0.25) is 0 Å². The minimum absolute atomic E-state index is 0.136. The highest BCUT2D eigenvalue weighted by Crippen LogP contribution is 2.19. The molecule has 0 bridgehead atoms. The maximum Gasteiger partial charge on any atom is 0.321 e. The molecule has 1 unspecified atom stereocenters. The lowest BCUT2D eigenvalue weighted by Gasteiger charge is -2.32. The van der Waals surface area contributed by atoms with E-state index >= 15 is 0 Å². The first-order chi connectivity index (χ1) is 12.7. The number of amides is 2. The predicted octanol–water partition coefficient (Wildman–Crippen LogP) is 2.24. The maximum absolute atomic E-state index is 12.5. The van der Waals surface area contributed by atoms with Gasteiger partial charge in [0.15, 0.2) is 0 Å². The zero-order chi connectivity index (χ0) is 18.4. The van der Waals surface area contributed by atoms with Crippen LogP contribution in [0.1, 0.15) is 24.1 Å². The number of rotatable bonds is 5. The van der Waals surface area contributed by atoms with Gasteiger partial charge in [0.2, 0.25) is 0 Å². The number of hydrogen-bond acceptors (Lipinski definition) is 5. The maximum atomic E-state index is 12.5. The summed E-state index contributed by atoms with van der Waals surface area (Å²) in [5.41, 5.74) is 1.96. The first-order valence-electron chi connectivity index (χ1n) is 8.62. The Morgan fingerprint density at radius 2 is 2.38 bits per heavy atom. The SMILES string of the molecule is COCc1cn(CC2CCCN(C(=O)Nc3cccc(C#N)c3)C2)nn1. The third kappa shape index (κ3) is 4.58. The second-order valence-electron chi connectivity index (χ2n) is 6.44. The Hall–Kier alpha value is -2.92. The molecule has 8 nitrogen and oxygen atoms in total. The van der Waals surface area contributed by atoms with Crippen LogP contribution in [-0.4, -0.2) is 46.1 Å². The van der Waals surface area contributed by atoms with Gasteiger partial charge in [-0.25, -0.2) is 4.79 Å². The highest BCUT2D eigenvalue weighted by Gasteiger charge is 2.24. The van der Waals surface area contributed by atoms with Crippen molar-refractivity contribution < 1.29 is 9.53 Å². The standard InChI is InChI=1S/C18H22N6O2/c1-26-13-17-12-24(22-21-17)11-15-5-3-7-23(10-15)18(25)20-16-6-2-4-14(8-16)9-19/h2,4,6,8,12,15H,3,5,7,10-11,13H2,1H3,(H,20,25). The molecule has 1 fully saturated rings. The molecule has 2 heterocycles. The summed E-state index contributed by atoms with van der Waals surface area (Å²) in [5, 5.41) is 20.0. The number of nitrogens with one attached hydrogen (secondary N) is 1. The van der Waals surface area contributed by atoms with Crippen molar-refractivity contribution >= 4 is 11.7 Å². The van der Waals surface area contributed by atoms with Crippen LogP contribution >= 0.6 is 0 Å². The van der Waals surface area contributed by atoms with Crippen LogP contribution in [0.15, 0.2) is 30.5 Å². The van der Waals surface area contributed by atoms with Gasteiger partial charge in [-0.2, -0.15) is 5.26 Å². The van der Waals surface area contributed by atoms with Gasteiger partial charge in [-0.05, 0) is 37.0 Å². The third-order valence-electron chi connectivity index (χ3n) is 4.37. The largest absolute Gasteiger partial charge is 0.378 e. The van der Waals surface area contributed by atoms with Gasteiger partial charge in [0, 0.05) is 32.4 Å². The van der Waals surface area contributed by atoms with Gasteiger partial charge in [-0.1, -0.05) is 11.3 Å². The molecule has 1 aliphatic heterocycles. The number of nitrogens with zero attached hydrogens (tertiary/aromatic N) is 5. The molecule has 2 aromatic rings. The Labute approximate surface area is 152 Å². The quantitative estimate of drug-likeness (QED) is 0.888. The molecule has 26 heavy (non-hydrogen) atoms. The van der Waals surface area contributed by atoms with Crippen molar-refractivity contribution in [1.29, 1.82) is 5.26 Å². The fourth-order valence-corrected chi connectivity index (χ4v) is 3.17. The number of ether oxygens (including phenoxy) is 1. The summed E-state index contributed by atoms with van der Waals surface area (Å²) < 4.78 is 6.87. The molecule has 1 aliphatic rings. The number of hydrogen-bond donors (Lipinski definition) is 1. The van der Waals surface area contributed by atoms with Crippen molar-refractivity contribution in [2.24, 2.45) is 5.92 Å². The Morgan fingerprint density at radius 3 is 3.19 bits per heavy atom. The van der Waals surface area contributed by atoms with E-state index in [9.17, 15) is 4.79 Å². The van der Waals surface area contributed by atoms with Crippen LogP contribution in [0.25, 0.3) is 0 Å². The summed E-state index contributed by atoms with van der Waals surface area (Å²) in [7, 11) is 1.63. The number of urea groups is 1. The van der Waals surface area contributed by atoms with Crippen LogP contribution in [0, 0.1) is 17.2 Å². The van der Waals surface area contributed by atoms with Gasteiger partial charge < -0.3 is 15.0 Å². The number of nitriles is 1. The van der Waals surface area contributed by atoms with E-state index in [2.05, 4.69) is 21.7 Å². The highest BCUT2D eigenvalue weighted by atomic mass is 16.5. The summed E-state index contributed by atoms with van der Waals surface area (Å²) in [5.74, 6) is 0.331. The molecule has 0 saturated carbocycles. The number of benzene rings is 1. The lowest BCUT2D eigenvalue weighted by atomic mass is 9.98.